The largest absolute Gasteiger partial charge is 0.482 e. The van der Waals surface area contributed by atoms with Crippen molar-refractivity contribution in [3.63, 3.8) is 0 Å². The summed E-state index contributed by atoms with van der Waals surface area (Å²) >= 11 is 12.0. The smallest absolute Gasteiger partial charge is 0.344 e. The molecule has 0 aliphatic carbocycles. The Morgan fingerprint density at radius 3 is 2.38 bits per heavy atom. The third-order valence-electron chi connectivity index (χ3n) is 2.88. The number of hydrogen-bond donors (Lipinski definition) is 0. The first kappa shape index (κ1) is 15.7. The molecule has 21 heavy (non-hydrogen) atoms. The second-order valence-corrected chi connectivity index (χ2v) is 5.23. The third-order valence-corrected chi connectivity index (χ3v) is 3.59. The standard InChI is InChI=1S/C16H14Cl2O3/c1-11-5-2-3-8-15(11)20-10-16(19)21-9-12-13(17)6-4-7-14(12)18/h2-8H,9-10H2,1H3. The molecular formula is C16H14Cl2O3. The molecule has 0 spiro atoms. The van der Waals surface area contributed by atoms with E-state index in [-0.39, 0.29) is 13.2 Å². The van der Waals surface area contributed by atoms with Crippen molar-refractivity contribution in [1.29, 1.82) is 0 Å². The topological polar surface area (TPSA) is 35.5 Å². The lowest BCUT2D eigenvalue weighted by atomic mass is 10.2. The first-order valence-electron chi connectivity index (χ1n) is 6.35. The number of para-hydroxylation sites is 1. The second-order valence-electron chi connectivity index (χ2n) is 4.42. The molecule has 2 aromatic rings. The molecule has 3 nitrogen and oxygen atoms in total. The van der Waals surface area contributed by atoms with Gasteiger partial charge in [0.1, 0.15) is 12.4 Å². The second kappa shape index (κ2) is 7.34. The molecule has 2 rings (SSSR count). The van der Waals surface area contributed by atoms with Crippen LogP contribution in [0.15, 0.2) is 42.5 Å². The number of carbonyl (C=O) groups excluding carboxylic acids is 1. The van der Waals surface area contributed by atoms with E-state index in [9.17, 15) is 4.79 Å². The SMILES string of the molecule is Cc1ccccc1OCC(=O)OCc1c(Cl)cccc1Cl. The van der Waals surface area contributed by atoms with Gasteiger partial charge in [-0.25, -0.2) is 4.79 Å². The number of carbonyl (C=O) groups is 1. The van der Waals surface area contributed by atoms with Crippen LogP contribution in [-0.4, -0.2) is 12.6 Å². The van der Waals surface area contributed by atoms with Gasteiger partial charge in [0.25, 0.3) is 0 Å². The van der Waals surface area contributed by atoms with Crippen molar-refractivity contribution < 1.29 is 14.3 Å². The fourth-order valence-corrected chi connectivity index (χ4v) is 2.23. The first-order chi connectivity index (χ1) is 10.1. The van der Waals surface area contributed by atoms with Crippen LogP contribution in [0.3, 0.4) is 0 Å². The maximum Gasteiger partial charge on any atom is 0.344 e. The molecule has 5 heteroatoms. The van der Waals surface area contributed by atoms with E-state index >= 15 is 0 Å². The van der Waals surface area contributed by atoms with E-state index in [0.29, 0.717) is 21.4 Å². The van der Waals surface area contributed by atoms with Gasteiger partial charge in [0, 0.05) is 15.6 Å². The molecule has 0 bridgehead atoms. The monoisotopic (exact) mass is 324 g/mol. The summed E-state index contributed by atoms with van der Waals surface area (Å²) in [7, 11) is 0. The van der Waals surface area contributed by atoms with Crippen molar-refractivity contribution >= 4 is 29.2 Å². The van der Waals surface area contributed by atoms with E-state index < -0.39 is 5.97 Å². The van der Waals surface area contributed by atoms with E-state index in [1.54, 1.807) is 24.3 Å². The Hall–Kier alpha value is -1.71. The highest BCUT2D eigenvalue weighted by Gasteiger charge is 2.10. The summed E-state index contributed by atoms with van der Waals surface area (Å²) in [6, 6.07) is 12.6. The molecule has 0 aliphatic heterocycles. The zero-order valence-corrected chi connectivity index (χ0v) is 12.9. The number of hydrogen-bond acceptors (Lipinski definition) is 3. The van der Waals surface area contributed by atoms with Gasteiger partial charge in [0.05, 0.1) is 0 Å². The molecule has 0 atom stereocenters. The van der Waals surface area contributed by atoms with Crippen LogP contribution in [-0.2, 0) is 16.1 Å². The van der Waals surface area contributed by atoms with E-state index in [1.807, 2.05) is 25.1 Å². The molecule has 0 aromatic heterocycles. The zero-order valence-electron chi connectivity index (χ0n) is 11.4. The van der Waals surface area contributed by atoms with Crippen LogP contribution in [0.25, 0.3) is 0 Å². The lowest BCUT2D eigenvalue weighted by molar-refractivity contribution is -0.147. The number of rotatable bonds is 5. The van der Waals surface area contributed by atoms with Crippen molar-refractivity contribution in [1.82, 2.24) is 0 Å². The summed E-state index contributed by atoms with van der Waals surface area (Å²) in [4.78, 5) is 11.7. The minimum Gasteiger partial charge on any atom is -0.482 e. The first-order valence-corrected chi connectivity index (χ1v) is 7.10. The predicted octanol–water partition coefficient (Wildman–Crippen LogP) is 4.42. The van der Waals surface area contributed by atoms with Gasteiger partial charge in [-0.2, -0.15) is 0 Å². The Morgan fingerprint density at radius 1 is 1.05 bits per heavy atom. The normalized spacial score (nSPS) is 10.2. The highest BCUT2D eigenvalue weighted by molar-refractivity contribution is 6.35. The Balaban J connectivity index is 1.87. The zero-order chi connectivity index (χ0) is 15.2. The van der Waals surface area contributed by atoms with Crippen LogP contribution in [0.1, 0.15) is 11.1 Å². The van der Waals surface area contributed by atoms with Crippen LogP contribution in [0, 0.1) is 6.92 Å². The van der Waals surface area contributed by atoms with Crippen LogP contribution >= 0.6 is 23.2 Å². The van der Waals surface area contributed by atoms with Crippen molar-refractivity contribution in [3.05, 3.63) is 63.6 Å². The highest BCUT2D eigenvalue weighted by Crippen LogP contribution is 2.25. The average molecular weight is 325 g/mol. The molecule has 0 N–H and O–H groups in total. The lowest BCUT2D eigenvalue weighted by Gasteiger charge is -2.10. The number of ether oxygens (including phenoxy) is 2. The quantitative estimate of drug-likeness (QED) is 0.763. The van der Waals surface area contributed by atoms with E-state index in [2.05, 4.69) is 0 Å². The van der Waals surface area contributed by atoms with Crippen LogP contribution in [0.2, 0.25) is 10.0 Å². The minimum absolute atomic E-state index is 0.0223. The molecule has 2 aromatic carbocycles. The summed E-state index contributed by atoms with van der Waals surface area (Å²) < 4.78 is 10.5. The van der Waals surface area contributed by atoms with E-state index in [1.165, 1.54) is 0 Å². The summed E-state index contributed by atoms with van der Waals surface area (Å²) in [5.74, 6) is 0.180. The predicted molar refractivity (Wildman–Crippen MR) is 82.9 cm³/mol. The van der Waals surface area contributed by atoms with Gasteiger partial charge in [-0.3, -0.25) is 0 Å². The Bertz CT molecular complexity index is 621. The van der Waals surface area contributed by atoms with Gasteiger partial charge >= 0.3 is 5.97 Å². The van der Waals surface area contributed by atoms with Gasteiger partial charge in [-0.1, -0.05) is 47.5 Å². The van der Waals surface area contributed by atoms with Crippen molar-refractivity contribution in [2.24, 2.45) is 0 Å². The average Bonchev–Trinajstić information content (AvgIpc) is 2.46. The molecule has 110 valence electrons. The number of halogens is 2. The highest BCUT2D eigenvalue weighted by atomic mass is 35.5. The summed E-state index contributed by atoms with van der Waals surface area (Å²) in [6.07, 6.45) is 0. The molecule has 0 heterocycles. The number of esters is 1. The molecule has 0 radical (unpaired) electrons. The maximum absolute atomic E-state index is 11.7. The summed E-state index contributed by atoms with van der Waals surface area (Å²) in [5, 5.41) is 0.935. The van der Waals surface area contributed by atoms with Crippen molar-refractivity contribution in [3.8, 4) is 5.75 Å². The molecule has 0 saturated heterocycles. The van der Waals surface area contributed by atoms with E-state index in [4.69, 9.17) is 32.7 Å². The third kappa shape index (κ3) is 4.38. The van der Waals surface area contributed by atoms with Gasteiger partial charge in [-0.15, -0.1) is 0 Å². The van der Waals surface area contributed by atoms with Crippen LogP contribution < -0.4 is 4.74 Å². The molecule has 0 fully saturated rings. The fourth-order valence-electron chi connectivity index (χ4n) is 1.72. The lowest BCUT2D eigenvalue weighted by Crippen LogP contribution is -2.15. The van der Waals surface area contributed by atoms with Crippen LogP contribution in [0.4, 0.5) is 0 Å². The Morgan fingerprint density at radius 2 is 1.71 bits per heavy atom. The molecule has 0 saturated carbocycles. The van der Waals surface area contributed by atoms with E-state index in [0.717, 1.165) is 5.56 Å². The molecular weight excluding hydrogens is 311 g/mol. The molecule has 0 aliphatic rings. The van der Waals surface area contributed by atoms with Gasteiger partial charge in [-0.05, 0) is 30.7 Å². The number of benzene rings is 2. The van der Waals surface area contributed by atoms with Gasteiger partial charge in [0.15, 0.2) is 6.61 Å². The Kier molecular flexibility index (Phi) is 5.48. The fraction of sp³-hybridized carbons (Fsp3) is 0.188. The minimum atomic E-state index is -0.478. The summed E-state index contributed by atoms with van der Waals surface area (Å²) in [6.45, 7) is 1.77. The Labute approximate surface area is 133 Å². The van der Waals surface area contributed by atoms with Gasteiger partial charge in [0.2, 0.25) is 0 Å². The maximum atomic E-state index is 11.7. The number of aryl methyl sites for hydroxylation is 1. The van der Waals surface area contributed by atoms with Gasteiger partial charge < -0.3 is 9.47 Å². The van der Waals surface area contributed by atoms with Crippen molar-refractivity contribution in [2.75, 3.05) is 6.61 Å². The summed E-state index contributed by atoms with van der Waals surface area (Å²) in [5.41, 5.74) is 1.55. The van der Waals surface area contributed by atoms with Crippen LogP contribution in [0.5, 0.6) is 5.75 Å². The van der Waals surface area contributed by atoms with Crippen molar-refractivity contribution in [2.45, 2.75) is 13.5 Å². The molecule has 0 amide bonds. The molecule has 0 unspecified atom stereocenters.